The summed E-state index contributed by atoms with van der Waals surface area (Å²) in [5, 5.41) is 6.32. The molecule has 0 fully saturated rings. The van der Waals surface area contributed by atoms with E-state index < -0.39 is 9.84 Å². The summed E-state index contributed by atoms with van der Waals surface area (Å²) >= 11 is 0. The normalized spacial score (nSPS) is 12.8. The van der Waals surface area contributed by atoms with Crippen LogP contribution in [0.1, 0.15) is 24.0 Å². The predicted molar refractivity (Wildman–Crippen MR) is 123 cm³/mol. The number of hydrogen-bond acceptors (Lipinski definition) is 3. The smallest absolute Gasteiger partial charge is 0.191 e. The molecular formula is C20H28IN3O2S. The first kappa shape index (κ1) is 23.4. The fourth-order valence-electron chi connectivity index (χ4n) is 2.53. The van der Waals surface area contributed by atoms with Crippen LogP contribution in [-0.4, -0.2) is 40.3 Å². The summed E-state index contributed by atoms with van der Waals surface area (Å²) in [6.07, 6.45) is 0. The Morgan fingerprint density at radius 3 is 2.26 bits per heavy atom. The topological polar surface area (TPSA) is 70.6 Å². The molecular weight excluding hydrogens is 473 g/mol. The molecule has 5 nitrogen and oxygen atoms in total. The number of sulfone groups is 1. The van der Waals surface area contributed by atoms with Gasteiger partial charge in [-0.2, -0.15) is 0 Å². The van der Waals surface area contributed by atoms with Crippen molar-refractivity contribution in [2.45, 2.75) is 24.7 Å². The second kappa shape index (κ2) is 11.3. The van der Waals surface area contributed by atoms with Crippen molar-refractivity contribution in [3.63, 3.8) is 0 Å². The lowest BCUT2D eigenvalue weighted by molar-refractivity contribution is 0.594. The van der Waals surface area contributed by atoms with Crippen LogP contribution >= 0.6 is 24.0 Å². The molecule has 1 atom stereocenters. The second-order valence-electron chi connectivity index (χ2n) is 6.32. The Balaban J connectivity index is 0.00000364. The average Bonchev–Trinajstić information content (AvgIpc) is 2.65. The average molecular weight is 501 g/mol. The van der Waals surface area contributed by atoms with Gasteiger partial charge in [0.2, 0.25) is 0 Å². The van der Waals surface area contributed by atoms with Gasteiger partial charge in [0.05, 0.1) is 10.6 Å². The predicted octanol–water partition coefficient (Wildman–Crippen LogP) is 3.36. The maximum absolute atomic E-state index is 12.3. The van der Waals surface area contributed by atoms with E-state index >= 15 is 0 Å². The molecule has 0 heterocycles. The summed E-state index contributed by atoms with van der Waals surface area (Å²) in [7, 11) is -1.61. The Bertz CT molecular complexity index is 822. The van der Waals surface area contributed by atoms with Gasteiger partial charge >= 0.3 is 0 Å². The van der Waals surface area contributed by atoms with Crippen molar-refractivity contribution in [3.05, 3.63) is 65.7 Å². The molecule has 0 aliphatic heterocycles. The first-order valence-corrected chi connectivity index (χ1v) is 10.4. The molecule has 0 aliphatic carbocycles. The number of benzene rings is 2. The van der Waals surface area contributed by atoms with Gasteiger partial charge in [-0.15, -0.1) is 24.0 Å². The van der Waals surface area contributed by atoms with Crippen molar-refractivity contribution in [1.82, 2.24) is 10.6 Å². The number of nitrogens with one attached hydrogen (secondary N) is 2. The Morgan fingerprint density at radius 1 is 1.04 bits per heavy atom. The van der Waals surface area contributed by atoms with Crippen LogP contribution in [0, 0.1) is 6.92 Å². The van der Waals surface area contributed by atoms with Crippen LogP contribution in [-0.2, 0) is 9.84 Å². The third kappa shape index (κ3) is 7.50. The highest BCUT2D eigenvalue weighted by Gasteiger charge is 2.14. The fourth-order valence-corrected chi connectivity index (χ4v) is 3.71. The standard InChI is InChI=1S/C20H27N3O2S.HI/c1-16-9-11-18(12-10-16)17(2)15-23-20(21-3)22-13-14-26(24,25)19-7-5-4-6-8-19;/h4-12,17H,13-15H2,1-3H3,(H2,21,22,23);1H. The molecule has 0 bridgehead atoms. The highest BCUT2D eigenvalue weighted by atomic mass is 127. The fraction of sp³-hybridized carbons (Fsp3) is 0.350. The van der Waals surface area contributed by atoms with E-state index in [0.29, 0.717) is 29.9 Å². The molecule has 7 heteroatoms. The molecule has 2 aromatic carbocycles. The first-order valence-electron chi connectivity index (χ1n) is 8.71. The van der Waals surface area contributed by atoms with Crippen molar-refractivity contribution in [2.75, 3.05) is 25.9 Å². The summed E-state index contributed by atoms with van der Waals surface area (Å²) in [4.78, 5) is 4.50. The molecule has 27 heavy (non-hydrogen) atoms. The van der Waals surface area contributed by atoms with Crippen molar-refractivity contribution < 1.29 is 8.42 Å². The minimum Gasteiger partial charge on any atom is -0.356 e. The summed E-state index contributed by atoms with van der Waals surface area (Å²) in [5.41, 5.74) is 2.50. The quantitative estimate of drug-likeness (QED) is 0.347. The Labute approximate surface area is 179 Å². The lowest BCUT2D eigenvalue weighted by Gasteiger charge is -2.16. The van der Waals surface area contributed by atoms with Crippen molar-refractivity contribution >= 4 is 39.8 Å². The van der Waals surface area contributed by atoms with Gasteiger partial charge < -0.3 is 10.6 Å². The van der Waals surface area contributed by atoms with Gasteiger partial charge in [0, 0.05) is 20.1 Å². The molecule has 148 valence electrons. The molecule has 2 rings (SSSR count). The molecule has 2 aromatic rings. The van der Waals surface area contributed by atoms with Gasteiger partial charge in [-0.3, -0.25) is 4.99 Å². The van der Waals surface area contributed by atoms with E-state index in [1.165, 1.54) is 11.1 Å². The highest BCUT2D eigenvalue weighted by molar-refractivity contribution is 14.0. The minimum absolute atomic E-state index is 0. The third-order valence-corrected chi connectivity index (χ3v) is 5.94. The molecule has 0 saturated carbocycles. The maximum Gasteiger partial charge on any atom is 0.191 e. The molecule has 2 N–H and O–H groups in total. The first-order chi connectivity index (χ1) is 12.4. The Hall–Kier alpha value is -1.61. The van der Waals surface area contributed by atoms with Crippen molar-refractivity contribution in [3.8, 4) is 0 Å². The van der Waals surface area contributed by atoms with Gasteiger partial charge in [0.25, 0.3) is 0 Å². The van der Waals surface area contributed by atoms with Crippen LogP contribution in [0.3, 0.4) is 0 Å². The number of aliphatic imine (C=N–C) groups is 1. The van der Waals surface area contributed by atoms with E-state index in [0.717, 1.165) is 0 Å². The van der Waals surface area contributed by atoms with E-state index in [1.54, 1.807) is 37.4 Å². The van der Waals surface area contributed by atoms with E-state index in [2.05, 4.69) is 53.7 Å². The van der Waals surface area contributed by atoms with Crippen molar-refractivity contribution in [2.24, 2.45) is 4.99 Å². The molecule has 1 unspecified atom stereocenters. The zero-order chi connectivity index (χ0) is 19.0. The monoisotopic (exact) mass is 501 g/mol. The number of halogens is 1. The van der Waals surface area contributed by atoms with Crippen LogP contribution < -0.4 is 10.6 Å². The zero-order valence-corrected chi connectivity index (χ0v) is 19.1. The number of hydrogen-bond donors (Lipinski definition) is 2. The van der Waals surface area contributed by atoms with Gasteiger partial charge in [-0.1, -0.05) is 55.0 Å². The third-order valence-electron chi connectivity index (χ3n) is 4.21. The summed E-state index contributed by atoms with van der Waals surface area (Å²) in [6, 6.07) is 17.0. The number of nitrogens with zero attached hydrogens (tertiary/aromatic N) is 1. The highest BCUT2D eigenvalue weighted by Crippen LogP contribution is 2.14. The lowest BCUT2D eigenvalue weighted by atomic mass is 10.0. The number of guanidine groups is 1. The van der Waals surface area contributed by atoms with Crippen LogP contribution in [0.5, 0.6) is 0 Å². The van der Waals surface area contributed by atoms with Crippen molar-refractivity contribution in [1.29, 1.82) is 0 Å². The van der Waals surface area contributed by atoms with E-state index in [-0.39, 0.29) is 29.7 Å². The van der Waals surface area contributed by atoms with E-state index in [4.69, 9.17) is 0 Å². The zero-order valence-electron chi connectivity index (χ0n) is 16.0. The van der Waals surface area contributed by atoms with Crippen LogP contribution in [0.4, 0.5) is 0 Å². The number of aryl methyl sites for hydroxylation is 1. The Morgan fingerprint density at radius 2 is 1.67 bits per heavy atom. The van der Waals surface area contributed by atoms with Crippen LogP contribution in [0.25, 0.3) is 0 Å². The Kier molecular flexibility index (Phi) is 9.79. The molecule has 0 aromatic heterocycles. The maximum atomic E-state index is 12.3. The van der Waals surface area contributed by atoms with Gasteiger partial charge in [-0.25, -0.2) is 8.42 Å². The summed E-state index contributed by atoms with van der Waals surface area (Å²) in [6.45, 7) is 5.23. The van der Waals surface area contributed by atoms with Gasteiger partial charge in [0.1, 0.15) is 0 Å². The van der Waals surface area contributed by atoms with Crippen LogP contribution in [0.15, 0.2) is 64.5 Å². The lowest BCUT2D eigenvalue weighted by Crippen LogP contribution is -2.41. The van der Waals surface area contributed by atoms with E-state index in [1.807, 2.05) is 0 Å². The molecule has 0 amide bonds. The molecule has 0 radical (unpaired) electrons. The van der Waals surface area contributed by atoms with Gasteiger partial charge in [0.15, 0.2) is 15.8 Å². The SMILES string of the molecule is CN=C(NCCS(=O)(=O)c1ccccc1)NCC(C)c1ccc(C)cc1.I. The summed E-state index contributed by atoms with van der Waals surface area (Å²) in [5.74, 6) is 0.944. The van der Waals surface area contributed by atoms with E-state index in [9.17, 15) is 8.42 Å². The van der Waals surface area contributed by atoms with Crippen LogP contribution in [0.2, 0.25) is 0 Å². The minimum atomic E-state index is -3.29. The molecule has 0 saturated heterocycles. The number of rotatable bonds is 7. The largest absolute Gasteiger partial charge is 0.356 e. The second-order valence-corrected chi connectivity index (χ2v) is 8.43. The van der Waals surface area contributed by atoms with Gasteiger partial charge in [-0.05, 0) is 30.5 Å². The summed E-state index contributed by atoms with van der Waals surface area (Å²) < 4.78 is 24.6. The molecule has 0 spiro atoms. The molecule has 0 aliphatic rings.